The zero-order valence-electron chi connectivity index (χ0n) is 3.43. The lowest BCUT2D eigenvalue weighted by Crippen LogP contribution is -2.43. The van der Waals surface area contributed by atoms with E-state index in [-0.39, 0.29) is 30.6 Å². The summed E-state index contributed by atoms with van der Waals surface area (Å²) < 4.78 is 0. The average Bonchev–Trinajstić information content (AvgIpc) is 1.33. The van der Waals surface area contributed by atoms with Gasteiger partial charge < -0.3 is 0 Å². The summed E-state index contributed by atoms with van der Waals surface area (Å²) in [5, 5.41) is 2.03. The van der Waals surface area contributed by atoms with Crippen LogP contribution in [-0.2, 0) is 9.59 Å². The van der Waals surface area contributed by atoms with Gasteiger partial charge in [-0.25, -0.2) is 0 Å². The first kappa shape index (κ1) is 6.43. The van der Waals surface area contributed by atoms with Crippen molar-refractivity contribution >= 4 is 24.2 Å². The predicted molar refractivity (Wildman–Crippen MR) is 25.0 cm³/mol. The number of carbonyl (C=O) groups excluding carboxylic acids is 2. The van der Waals surface area contributed by atoms with Gasteiger partial charge in [-0.15, -0.1) is 12.4 Å². The SMILES string of the molecule is Cl.O=C1CC(=O)N1. The Morgan fingerprint density at radius 3 is 1.57 bits per heavy atom. The number of amides is 2. The third-order valence-electron chi connectivity index (χ3n) is 0.600. The Hall–Kier alpha value is -0.570. The van der Waals surface area contributed by atoms with Gasteiger partial charge in [0.2, 0.25) is 11.8 Å². The molecule has 3 nitrogen and oxygen atoms in total. The molecule has 1 aliphatic heterocycles. The van der Waals surface area contributed by atoms with Crippen molar-refractivity contribution in [1.82, 2.24) is 5.32 Å². The topological polar surface area (TPSA) is 46.2 Å². The molecule has 0 spiro atoms. The quantitative estimate of drug-likeness (QED) is 0.346. The van der Waals surface area contributed by atoms with Crippen LogP contribution in [0.15, 0.2) is 0 Å². The summed E-state index contributed by atoms with van der Waals surface area (Å²) in [6, 6.07) is 0. The third-order valence-corrected chi connectivity index (χ3v) is 0.600. The molecule has 2 amide bonds. The number of rotatable bonds is 0. The van der Waals surface area contributed by atoms with Gasteiger partial charge in [0.15, 0.2) is 0 Å². The van der Waals surface area contributed by atoms with Crippen molar-refractivity contribution in [2.24, 2.45) is 0 Å². The maximum absolute atomic E-state index is 9.78. The highest BCUT2D eigenvalue weighted by atomic mass is 35.5. The fourth-order valence-corrected chi connectivity index (χ4v) is 0.283. The molecule has 1 aliphatic rings. The molecular weight excluding hydrogens is 117 g/mol. The van der Waals surface area contributed by atoms with E-state index in [0.717, 1.165) is 0 Å². The van der Waals surface area contributed by atoms with E-state index in [1.807, 2.05) is 5.32 Å². The molecule has 0 aromatic rings. The van der Waals surface area contributed by atoms with Crippen LogP contribution in [0.4, 0.5) is 0 Å². The van der Waals surface area contributed by atoms with Crippen LogP contribution in [0.25, 0.3) is 0 Å². The zero-order chi connectivity index (χ0) is 4.57. The number of carbonyl (C=O) groups is 2. The van der Waals surface area contributed by atoms with Gasteiger partial charge in [-0.1, -0.05) is 0 Å². The molecular formula is C3H4ClNO2. The molecule has 7 heavy (non-hydrogen) atoms. The summed E-state index contributed by atoms with van der Waals surface area (Å²) in [7, 11) is 0. The smallest absolute Gasteiger partial charge is 0.236 e. The highest BCUT2D eigenvalue weighted by Gasteiger charge is 2.20. The maximum Gasteiger partial charge on any atom is 0.236 e. The van der Waals surface area contributed by atoms with E-state index in [1.165, 1.54) is 0 Å². The van der Waals surface area contributed by atoms with Crippen LogP contribution >= 0.6 is 12.4 Å². The largest absolute Gasteiger partial charge is 0.296 e. The summed E-state index contributed by atoms with van der Waals surface area (Å²) >= 11 is 0. The van der Waals surface area contributed by atoms with Gasteiger partial charge in [0.1, 0.15) is 6.42 Å². The average molecular weight is 122 g/mol. The summed E-state index contributed by atoms with van der Waals surface area (Å²) in [4.78, 5) is 19.6. The lowest BCUT2D eigenvalue weighted by molar-refractivity contribution is -0.140. The molecule has 1 fully saturated rings. The normalized spacial score (nSPS) is 16.6. The zero-order valence-corrected chi connectivity index (χ0v) is 4.25. The van der Waals surface area contributed by atoms with Crippen LogP contribution in [0.2, 0.25) is 0 Å². The minimum Gasteiger partial charge on any atom is -0.296 e. The Labute approximate surface area is 46.5 Å². The molecule has 4 heteroatoms. The molecule has 0 saturated carbocycles. The monoisotopic (exact) mass is 121 g/mol. The third kappa shape index (κ3) is 1.16. The fraction of sp³-hybridized carbons (Fsp3) is 0.333. The number of halogens is 1. The lowest BCUT2D eigenvalue weighted by Gasteiger charge is -2.08. The number of nitrogens with one attached hydrogen (secondary N) is 1. The van der Waals surface area contributed by atoms with Gasteiger partial charge >= 0.3 is 0 Å². The van der Waals surface area contributed by atoms with Crippen LogP contribution in [0.1, 0.15) is 6.42 Å². The summed E-state index contributed by atoms with van der Waals surface area (Å²) in [6.45, 7) is 0. The van der Waals surface area contributed by atoms with Crippen LogP contribution in [-0.4, -0.2) is 11.8 Å². The first-order valence-corrected chi connectivity index (χ1v) is 1.62. The van der Waals surface area contributed by atoms with Crippen molar-refractivity contribution in [3.8, 4) is 0 Å². The molecule has 0 atom stereocenters. The van der Waals surface area contributed by atoms with E-state index in [9.17, 15) is 9.59 Å². The van der Waals surface area contributed by atoms with Crippen LogP contribution in [0.5, 0.6) is 0 Å². The second-order valence-corrected chi connectivity index (χ2v) is 1.15. The molecule has 1 heterocycles. The molecule has 0 aromatic carbocycles. The minimum atomic E-state index is -0.167. The molecule has 0 radical (unpaired) electrons. The first-order valence-electron chi connectivity index (χ1n) is 1.62. The van der Waals surface area contributed by atoms with Gasteiger partial charge in [0.05, 0.1) is 0 Å². The Bertz CT molecular complexity index is 89.5. The van der Waals surface area contributed by atoms with Crippen molar-refractivity contribution in [3.63, 3.8) is 0 Å². The van der Waals surface area contributed by atoms with Crippen molar-refractivity contribution < 1.29 is 9.59 Å². The predicted octanol–water partition coefficient (Wildman–Crippen LogP) is -0.545. The van der Waals surface area contributed by atoms with E-state index in [1.54, 1.807) is 0 Å². The van der Waals surface area contributed by atoms with Crippen LogP contribution < -0.4 is 5.32 Å². The minimum absolute atomic E-state index is 0. The second kappa shape index (κ2) is 1.93. The molecule has 1 rings (SSSR count). The van der Waals surface area contributed by atoms with Gasteiger partial charge in [0.25, 0.3) is 0 Å². The van der Waals surface area contributed by atoms with Crippen molar-refractivity contribution in [2.75, 3.05) is 0 Å². The van der Waals surface area contributed by atoms with E-state index in [0.29, 0.717) is 0 Å². The molecule has 0 aliphatic carbocycles. The Morgan fingerprint density at radius 2 is 1.57 bits per heavy atom. The van der Waals surface area contributed by atoms with Crippen molar-refractivity contribution in [3.05, 3.63) is 0 Å². The molecule has 0 aromatic heterocycles. The number of β-lactam (4-membered cyclic amide) rings is 2. The molecule has 0 bridgehead atoms. The first-order chi connectivity index (χ1) is 2.79. The van der Waals surface area contributed by atoms with Gasteiger partial charge in [-0.05, 0) is 0 Å². The van der Waals surface area contributed by atoms with Crippen LogP contribution in [0.3, 0.4) is 0 Å². The second-order valence-electron chi connectivity index (χ2n) is 1.15. The Kier molecular flexibility index (Phi) is 1.77. The van der Waals surface area contributed by atoms with E-state index in [4.69, 9.17) is 0 Å². The fourth-order valence-electron chi connectivity index (χ4n) is 0.283. The standard InChI is InChI=1S/C3H3NO2.ClH/c5-2-1-3(6)4-2;/h1H2,(H,4,5,6);1H. The highest BCUT2D eigenvalue weighted by molar-refractivity contribution is 6.14. The van der Waals surface area contributed by atoms with Gasteiger partial charge in [0, 0.05) is 0 Å². The van der Waals surface area contributed by atoms with Gasteiger partial charge in [-0.2, -0.15) is 0 Å². The molecule has 40 valence electrons. The van der Waals surface area contributed by atoms with Crippen molar-refractivity contribution in [1.29, 1.82) is 0 Å². The van der Waals surface area contributed by atoms with Crippen molar-refractivity contribution in [2.45, 2.75) is 6.42 Å². The van der Waals surface area contributed by atoms with E-state index < -0.39 is 0 Å². The van der Waals surface area contributed by atoms with Crippen LogP contribution in [0, 0.1) is 0 Å². The van der Waals surface area contributed by atoms with Gasteiger partial charge in [-0.3, -0.25) is 14.9 Å². The summed E-state index contributed by atoms with van der Waals surface area (Å²) in [6.07, 6.45) is 0.0833. The molecule has 1 N–H and O–H groups in total. The van der Waals surface area contributed by atoms with E-state index >= 15 is 0 Å². The van der Waals surface area contributed by atoms with E-state index in [2.05, 4.69) is 0 Å². The molecule has 1 saturated heterocycles. The Balaban J connectivity index is 0.000000360. The maximum atomic E-state index is 9.78. The Morgan fingerprint density at radius 1 is 1.29 bits per heavy atom. The number of hydrogen-bond acceptors (Lipinski definition) is 2. The number of hydrogen-bond donors (Lipinski definition) is 1. The molecule has 0 unspecified atom stereocenters. The lowest BCUT2D eigenvalue weighted by atomic mass is 10.3. The number of imide groups is 1. The highest BCUT2D eigenvalue weighted by Crippen LogP contribution is 1.89. The summed E-state index contributed by atoms with van der Waals surface area (Å²) in [5.74, 6) is -0.333. The summed E-state index contributed by atoms with van der Waals surface area (Å²) in [5.41, 5.74) is 0.